The molecule has 5 nitrogen and oxygen atoms in total. The smallest absolute Gasteiger partial charge is 0.227 e. The van der Waals surface area contributed by atoms with Gasteiger partial charge in [-0.1, -0.05) is 6.07 Å². The molecule has 0 atom stereocenters. The molecule has 0 radical (unpaired) electrons. The Balaban J connectivity index is 1.99. The Labute approximate surface area is 99.2 Å². The first kappa shape index (κ1) is 11.7. The summed E-state index contributed by atoms with van der Waals surface area (Å²) in [4.78, 5) is 13.6. The van der Waals surface area contributed by atoms with E-state index in [1.54, 1.807) is 11.0 Å². The molecule has 0 unspecified atom stereocenters. The van der Waals surface area contributed by atoms with Crippen LogP contribution in [0.5, 0.6) is 11.5 Å². The SMILES string of the molecule is O=C(Cc1ccc(O)c(O)c1)N1CCOCC1. The molecular formula is C12H15NO4. The molecule has 1 aromatic rings. The predicted molar refractivity (Wildman–Crippen MR) is 60.9 cm³/mol. The first-order valence-electron chi connectivity index (χ1n) is 5.53. The van der Waals surface area contributed by atoms with Crippen LogP contribution >= 0.6 is 0 Å². The molecule has 1 amide bonds. The minimum absolute atomic E-state index is 0.0124. The summed E-state index contributed by atoms with van der Waals surface area (Å²) in [7, 11) is 0. The number of ether oxygens (including phenoxy) is 1. The van der Waals surface area contributed by atoms with Gasteiger partial charge in [-0.2, -0.15) is 0 Å². The van der Waals surface area contributed by atoms with Crippen molar-refractivity contribution in [2.75, 3.05) is 26.3 Å². The largest absolute Gasteiger partial charge is 0.504 e. The molecule has 1 fully saturated rings. The number of amides is 1. The Bertz CT molecular complexity index is 413. The molecule has 2 N–H and O–H groups in total. The molecular weight excluding hydrogens is 222 g/mol. The Morgan fingerprint density at radius 2 is 1.94 bits per heavy atom. The van der Waals surface area contributed by atoms with Crippen molar-refractivity contribution in [3.05, 3.63) is 23.8 Å². The van der Waals surface area contributed by atoms with Crippen LogP contribution in [0.4, 0.5) is 0 Å². The summed E-state index contributed by atoms with van der Waals surface area (Å²) in [6.45, 7) is 2.38. The number of hydrogen-bond donors (Lipinski definition) is 2. The number of rotatable bonds is 2. The van der Waals surface area contributed by atoms with Crippen molar-refractivity contribution >= 4 is 5.91 Å². The summed E-state index contributed by atoms with van der Waals surface area (Å²) in [6, 6.07) is 4.43. The predicted octanol–water partition coefficient (Wildman–Crippen LogP) is 0.499. The minimum Gasteiger partial charge on any atom is -0.504 e. The van der Waals surface area contributed by atoms with Crippen LogP contribution in [0.25, 0.3) is 0 Å². The molecule has 1 aliphatic rings. The van der Waals surface area contributed by atoms with Crippen LogP contribution in [-0.2, 0) is 16.0 Å². The zero-order chi connectivity index (χ0) is 12.3. The van der Waals surface area contributed by atoms with E-state index >= 15 is 0 Å². The number of aromatic hydroxyl groups is 2. The molecule has 17 heavy (non-hydrogen) atoms. The number of carbonyl (C=O) groups excluding carboxylic acids is 1. The Hall–Kier alpha value is -1.75. The Kier molecular flexibility index (Phi) is 3.49. The van der Waals surface area contributed by atoms with E-state index in [1.807, 2.05) is 0 Å². The van der Waals surface area contributed by atoms with Gasteiger partial charge < -0.3 is 19.8 Å². The molecule has 0 bridgehead atoms. The van der Waals surface area contributed by atoms with Crippen molar-refractivity contribution in [1.82, 2.24) is 4.90 Å². The summed E-state index contributed by atoms with van der Waals surface area (Å²) in [6.07, 6.45) is 0.230. The van der Waals surface area contributed by atoms with Crippen LogP contribution in [0, 0.1) is 0 Å². The first-order valence-corrected chi connectivity index (χ1v) is 5.53. The molecule has 0 spiro atoms. The van der Waals surface area contributed by atoms with Crippen LogP contribution in [0.2, 0.25) is 0 Å². The maximum absolute atomic E-state index is 11.9. The van der Waals surface area contributed by atoms with E-state index in [0.717, 1.165) is 0 Å². The Morgan fingerprint density at radius 3 is 2.59 bits per heavy atom. The molecule has 1 aliphatic heterocycles. The lowest BCUT2D eigenvalue weighted by molar-refractivity contribution is -0.134. The highest BCUT2D eigenvalue weighted by Crippen LogP contribution is 2.25. The van der Waals surface area contributed by atoms with E-state index in [-0.39, 0.29) is 23.8 Å². The molecule has 2 rings (SSSR count). The van der Waals surface area contributed by atoms with Crippen LogP contribution in [0.15, 0.2) is 18.2 Å². The van der Waals surface area contributed by atoms with Gasteiger partial charge in [-0.3, -0.25) is 4.79 Å². The summed E-state index contributed by atoms with van der Waals surface area (Å²) >= 11 is 0. The van der Waals surface area contributed by atoms with E-state index in [2.05, 4.69) is 0 Å². The second-order valence-electron chi connectivity index (χ2n) is 3.99. The van der Waals surface area contributed by atoms with E-state index in [4.69, 9.17) is 9.84 Å². The van der Waals surface area contributed by atoms with Crippen molar-refractivity contribution in [1.29, 1.82) is 0 Å². The fourth-order valence-electron chi connectivity index (χ4n) is 1.78. The summed E-state index contributed by atoms with van der Waals surface area (Å²) in [5, 5.41) is 18.5. The van der Waals surface area contributed by atoms with Gasteiger partial charge in [0.15, 0.2) is 11.5 Å². The quantitative estimate of drug-likeness (QED) is 0.735. The van der Waals surface area contributed by atoms with Gasteiger partial charge in [0, 0.05) is 13.1 Å². The van der Waals surface area contributed by atoms with Gasteiger partial charge in [-0.25, -0.2) is 0 Å². The number of nitrogens with zero attached hydrogens (tertiary/aromatic N) is 1. The highest BCUT2D eigenvalue weighted by atomic mass is 16.5. The van der Waals surface area contributed by atoms with E-state index in [9.17, 15) is 9.90 Å². The third-order valence-corrected chi connectivity index (χ3v) is 2.76. The molecule has 1 heterocycles. The van der Waals surface area contributed by atoms with Gasteiger partial charge >= 0.3 is 0 Å². The molecule has 92 valence electrons. The summed E-state index contributed by atoms with van der Waals surface area (Å²) in [5.41, 5.74) is 0.691. The fraction of sp³-hybridized carbons (Fsp3) is 0.417. The van der Waals surface area contributed by atoms with Crippen molar-refractivity contribution in [3.8, 4) is 11.5 Å². The second-order valence-corrected chi connectivity index (χ2v) is 3.99. The second kappa shape index (κ2) is 5.05. The number of phenolic OH excluding ortho intramolecular Hbond substituents is 2. The molecule has 1 aromatic carbocycles. The zero-order valence-electron chi connectivity index (χ0n) is 9.43. The van der Waals surface area contributed by atoms with Crippen LogP contribution < -0.4 is 0 Å². The summed E-state index contributed by atoms with van der Waals surface area (Å²) in [5.74, 6) is -0.358. The first-order chi connectivity index (χ1) is 8.16. The molecule has 0 aliphatic carbocycles. The third kappa shape index (κ3) is 2.88. The minimum atomic E-state index is -0.197. The van der Waals surface area contributed by atoms with E-state index in [1.165, 1.54) is 12.1 Å². The van der Waals surface area contributed by atoms with Crippen molar-refractivity contribution in [2.24, 2.45) is 0 Å². The number of morpholine rings is 1. The lowest BCUT2D eigenvalue weighted by atomic mass is 10.1. The number of benzene rings is 1. The standard InChI is InChI=1S/C12H15NO4/c14-10-2-1-9(7-11(10)15)8-12(16)13-3-5-17-6-4-13/h1-2,7,14-15H,3-6,8H2. The Morgan fingerprint density at radius 1 is 1.24 bits per heavy atom. The fourth-order valence-corrected chi connectivity index (χ4v) is 1.78. The number of phenols is 2. The monoisotopic (exact) mass is 237 g/mol. The lowest BCUT2D eigenvalue weighted by Crippen LogP contribution is -2.41. The topological polar surface area (TPSA) is 70.0 Å². The maximum atomic E-state index is 11.9. The third-order valence-electron chi connectivity index (χ3n) is 2.76. The average molecular weight is 237 g/mol. The van der Waals surface area contributed by atoms with Gasteiger partial charge in [-0.05, 0) is 17.7 Å². The lowest BCUT2D eigenvalue weighted by Gasteiger charge is -2.26. The highest BCUT2D eigenvalue weighted by molar-refractivity contribution is 5.79. The van der Waals surface area contributed by atoms with Crippen molar-refractivity contribution in [3.63, 3.8) is 0 Å². The molecule has 5 heteroatoms. The molecule has 0 aromatic heterocycles. The van der Waals surface area contributed by atoms with Crippen molar-refractivity contribution in [2.45, 2.75) is 6.42 Å². The zero-order valence-corrected chi connectivity index (χ0v) is 9.43. The number of carbonyl (C=O) groups is 1. The van der Waals surface area contributed by atoms with Crippen LogP contribution in [0.1, 0.15) is 5.56 Å². The van der Waals surface area contributed by atoms with Gasteiger partial charge in [-0.15, -0.1) is 0 Å². The highest BCUT2D eigenvalue weighted by Gasteiger charge is 2.17. The van der Waals surface area contributed by atoms with Gasteiger partial charge in [0.2, 0.25) is 5.91 Å². The maximum Gasteiger partial charge on any atom is 0.227 e. The summed E-state index contributed by atoms with van der Waals surface area (Å²) < 4.78 is 5.17. The normalized spacial score (nSPS) is 15.9. The van der Waals surface area contributed by atoms with E-state index in [0.29, 0.717) is 31.9 Å². The van der Waals surface area contributed by atoms with Crippen LogP contribution in [-0.4, -0.2) is 47.3 Å². The van der Waals surface area contributed by atoms with Gasteiger partial charge in [0.1, 0.15) is 0 Å². The molecule has 0 saturated carbocycles. The van der Waals surface area contributed by atoms with Gasteiger partial charge in [0.05, 0.1) is 19.6 Å². The van der Waals surface area contributed by atoms with Crippen LogP contribution in [0.3, 0.4) is 0 Å². The van der Waals surface area contributed by atoms with Crippen molar-refractivity contribution < 1.29 is 19.7 Å². The van der Waals surface area contributed by atoms with Gasteiger partial charge in [0.25, 0.3) is 0 Å². The van der Waals surface area contributed by atoms with E-state index < -0.39 is 0 Å². The number of hydrogen-bond acceptors (Lipinski definition) is 4. The average Bonchev–Trinajstić information content (AvgIpc) is 2.35. The molecule has 1 saturated heterocycles.